The number of sulfone groups is 1. The minimum Gasteiger partial charge on any atom is -0.365 e. The number of fused-ring (bicyclic) bond motifs is 9. The van der Waals surface area contributed by atoms with Crippen LogP contribution in [0.15, 0.2) is 41.5 Å². The van der Waals surface area contributed by atoms with E-state index in [0.717, 1.165) is 0 Å². The monoisotopic (exact) mass is 646 g/mol. The average molecular weight is 647 g/mol. The summed E-state index contributed by atoms with van der Waals surface area (Å²) >= 11 is 0. The number of piperidine rings is 1. The van der Waals surface area contributed by atoms with Gasteiger partial charge < -0.3 is 15.1 Å². The Labute approximate surface area is 261 Å². The highest BCUT2D eigenvalue weighted by Crippen LogP contribution is 2.42. The molecule has 1 aromatic carbocycles. The number of pyridine rings is 1. The van der Waals surface area contributed by atoms with E-state index in [9.17, 15) is 17.6 Å². The molecule has 2 saturated heterocycles. The lowest BCUT2D eigenvalue weighted by molar-refractivity contribution is -0.0865. The van der Waals surface area contributed by atoms with E-state index in [2.05, 4.69) is 15.3 Å². The summed E-state index contributed by atoms with van der Waals surface area (Å²) in [6, 6.07) is 7.77. The molecule has 244 valence electrons. The zero-order valence-corrected chi connectivity index (χ0v) is 26.4. The van der Waals surface area contributed by atoms with Crippen LogP contribution in [0.2, 0.25) is 0 Å². The molecule has 0 radical (unpaired) electrons. The molecule has 0 aliphatic carbocycles. The fourth-order valence-corrected chi connectivity index (χ4v) is 8.07. The van der Waals surface area contributed by atoms with Gasteiger partial charge in [-0.3, -0.25) is 9.36 Å². The molecular formula is C32H41F3N6O3S. The van der Waals surface area contributed by atoms with E-state index in [-0.39, 0.29) is 42.3 Å². The Morgan fingerprint density at radius 1 is 0.956 bits per heavy atom. The van der Waals surface area contributed by atoms with Crippen molar-refractivity contribution in [3.63, 3.8) is 0 Å². The molecule has 1 N–H and O–H groups in total. The van der Waals surface area contributed by atoms with Gasteiger partial charge in [0.15, 0.2) is 9.84 Å². The van der Waals surface area contributed by atoms with Crippen LogP contribution in [0.5, 0.6) is 0 Å². The maximum Gasteiger partial charge on any atom is 0.276 e. The first-order valence-corrected chi connectivity index (χ1v) is 17.8. The molecule has 0 amide bonds. The Morgan fingerprint density at radius 3 is 2.47 bits per heavy atom. The van der Waals surface area contributed by atoms with Crippen LogP contribution in [0.25, 0.3) is 11.0 Å². The van der Waals surface area contributed by atoms with Crippen molar-refractivity contribution in [3.05, 3.63) is 58.1 Å². The number of benzene rings is 1. The second-order valence-electron chi connectivity index (χ2n) is 12.7. The first-order chi connectivity index (χ1) is 21.5. The van der Waals surface area contributed by atoms with Crippen LogP contribution in [-0.2, 0) is 22.3 Å². The predicted octanol–water partition coefficient (Wildman–Crippen LogP) is 4.92. The van der Waals surface area contributed by atoms with Gasteiger partial charge in [-0.15, -0.1) is 0 Å². The molecular weight excluding hydrogens is 605 g/mol. The van der Waals surface area contributed by atoms with Gasteiger partial charge in [0.25, 0.3) is 11.5 Å². The summed E-state index contributed by atoms with van der Waals surface area (Å²) in [5, 5.41) is 3.95. The van der Waals surface area contributed by atoms with E-state index in [1.54, 1.807) is 33.7 Å². The van der Waals surface area contributed by atoms with E-state index in [4.69, 9.17) is 0 Å². The van der Waals surface area contributed by atoms with Gasteiger partial charge in [0, 0.05) is 43.7 Å². The fourth-order valence-electron chi connectivity index (χ4n) is 6.87. The summed E-state index contributed by atoms with van der Waals surface area (Å²) in [5.41, 5.74) is 1.16. The van der Waals surface area contributed by atoms with Crippen molar-refractivity contribution in [1.82, 2.24) is 19.4 Å². The Hall–Kier alpha value is -3.19. The van der Waals surface area contributed by atoms with Gasteiger partial charge in [-0.2, -0.15) is 0 Å². The number of aryl methyl sites for hydroxylation is 1. The van der Waals surface area contributed by atoms with Crippen LogP contribution < -0.4 is 15.8 Å². The molecule has 13 heteroatoms. The van der Waals surface area contributed by atoms with Crippen LogP contribution in [0, 0.1) is 5.92 Å². The summed E-state index contributed by atoms with van der Waals surface area (Å²) in [6.45, 7) is 3.78. The zero-order valence-electron chi connectivity index (χ0n) is 25.6. The predicted molar refractivity (Wildman–Crippen MR) is 170 cm³/mol. The molecule has 8 bridgehead atoms. The standard InChI is InChI=1S/C32H41F3N6O3S/c1-22-23-6-5-7-25(18-23)32(34,35)24-9-12-39(13-10-24)20-26(33)8-3-2-4-11-41-30-27(29(38-22)36-21-37-30)19-28(31(41)42)40-14-16-45(43,44)17-15-40/h5-7,18-19,21-22,24,26H,2-4,8-17,20H2,1H3,(H,36,37,38)/t22-,26?/m1/s1. The lowest BCUT2D eigenvalue weighted by Crippen LogP contribution is -2.43. The Bertz CT molecular complexity index is 1680. The number of nitrogens with one attached hydrogen (secondary N) is 1. The molecule has 1 unspecified atom stereocenters. The van der Waals surface area contributed by atoms with Crippen LogP contribution in [0.3, 0.4) is 0 Å². The minimum atomic E-state index is -3.17. The number of hydrogen-bond acceptors (Lipinski definition) is 8. The van der Waals surface area contributed by atoms with Gasteiger partial charge >= 0.3 is 0 Å². The van der Waals surface area contributed by atoms with Gasteiger partial charge in [0.05, 0.1) is 16.9 Å². The highest BCUT2D eigenvalue weighted by molar-refractivity contribution is 7.91. The molecule has 6 heterocycles. The zero-order chi connectivity index (χ0) is 31.8. The van der Waals surface area contributed by atoms with E-state index < -0.39 is 33.9 Å². The van der Waals surface area contributed by atoms with Crippen molar-refractivity contribution < 1.29 is 21.6 Å². The normalized spacial score (nSPS) is 27.5. The van der Waals surface area contributed by atoms with E-state index in [0.29, 0.717) is 86.3 Å². The molecule has 2 aromatic heterocycles. The summed E-state index contributed by atoms with van der Waals surface area (Å²) in [6.07, 6.45) is 3.31. The van der Waals surface area contributed by atoms with Gasteiger partial charge in [-0.1, -0.05) is 31.0 Å². The second-order valence-corrected chi connectivity index (χ2v) is 15.0. The molecule has 3 aromatic rings. The van der Waals surface area contributed by atoms with Gasteiger partial charge in [-0.05, 0) is 63.4 Å². The van der Waals surface area contributed by atoms with Gasteiger partial charge in [0.2, 0.25) is 0 Å². The van der Waals surface area contributed by atoms with Crippen molar-refractivity contribution in [2.24, 2.45) is 5.92 Å². The Kier molecular flexibility index (Phi) is 9.11. The molecule has 4 aliphatic rings. The minimum absolute atomic E-state index is 0.0370. The van der Waals surface area contributed by atoms with Crippen LogP contribution >= 0.6 is 0 Å². The topological polar surface area (TPSA) is 100 Å². The smallest absolute Gasteiger partial charge is 0.276 e. The molecule has 0 saturated carbocycles. The van der Waals surface area contributed by atoms with Crippen LogP contribution in [-0.4, -0.2) is 78.3 Å². The van der Waals surface area contributed by atoms with Crippen molar-refractivity contribution in [3.8, 4) is 0 Å². The molecule has 4 aliphatic heterocycles. The first kappa shape index (κ1) is 31.8. The van der Waals surface area contributed by atoms with Gasteiger partial charge in [-0.25, -0.2) is 31.6 Å². The third-order valence-electron chi connectivity index (χ3n) is 9.63. The number of rotatable bonds is 1. The molecule has 0 spiro atoms. The Morgan fingerprint density at radius 2 is 1.71 bits per heavy atom. The van der Waals surface area contributed by atoms with Gasteiger partial charge in [0.1, 0.15) is 29.7 Å². The quantitative estimate of drug-likeness (QED) is 0.398. The summed E-state index contributed by atoms with van der Waals surface area (Å²) in [4.78, 5) is 26.6. The fraction of sp³-hybridized carbons (Fsp3) is 0.594. The molecule has 2 atom stereocenters. The van der Waals surface area contributed by atoms with Crippen molar-refractivity contribution in [2.45, 2.75) is 70.1 Å². The maximum atomic E-state index is 15.8. The Balaban J connectivity index is 1.39. The largest absolute Gasteiger partial charge is 0.365 e. The first-order valence-electron chi connectivity index (χ1n) is 16.0. The summed E-state index contributed by atoms with van der Waals surface area (Å²) in [5.74, 6) is -3.47. The summed E-state index contributed by atoms with van der Waals surface area (Å²) in [7, 11) is -3.17. The number of aromatic nitrogens is 3. The van der Waals surface area contributed by atoms with Crippen LogP contribution in [0.1, 0.15) is 62.6 Å². The molecule has 9 nitrogen and oxygen atoms in total. The van der Waals surface area contributed by atoms with Crippen molar-refractivity contribution >= 4 is 32.4 Å². The lowest BCUT2D eigenvalue weighted by atomic mass is 9.85. The highest BCUT2D eigenvalue weighted by Gasteiger charge is 2.43. The molecule has 7 rings (SSSR count). The number of anilines is 2. The lowest BCUT2D eigenvalue weighted by Gasteiger charge is -2.36. The van der Waals surface area contributed by atoms with Crippen molar-refractivity contribution in [1.29, 1.82) is 0 Å². The third kappa shape index (κ3) is 6.84. The van der Waals surface area contributed by atoms with E-state index >= 15 is 8.78 Å². The van der Waals surface area contributed by atoms with E-state index in [1.165, 1.54) is 12.4 Å². The molecule has 45 heavy (non-hydrogen) atoms. The number of alkyl halides is 3. The average Bonchev–Trinajstić information content (AvgIpc) is 3.02. The molecule has 2 fully saturated rings. The second kappa shape index (κ2) is 12.9. The highest BCUT2D eigenvalue weighted by atomic mass is 32.2. The van der Waals surface area contributed by atoms with Crippen LogP contribution in [0.4, 0.5) is 24.7 Å². The number of hydrogen-bond donors (Lipinski definition) is 1. The van der Waals surface area contributed by atoms with E-state index in [1.807, 2.05) is 11.8 Å². The summed E-state index contributed by atoms with van der Waals surface area (Å²) < 4.78 is 72.4. The number of nitrogens with zero attached hydrogens (tertiary/aromatic N) is 5. The van der Waals surface area contributed by atoms with Crippen molar-refractivity contribution in [2.75, 3.05) is 54.4 Å². The maximum absolute atomic E-state index is 15.8. The SMILES string of the molecule is C[C@H]1Nc2ncnc3c2cc(N2CCS(=O)(=O)CC2)c(=O)n3CCCCCC(F)CN2CCC(CC2)C(F)(F)c2cccc1c2. The number of halogens is 3. The third-order valence-corrected chi connectivity index (χ3v) is 11.2.